The Morgan fingerprint density at radius 3 is 2.42 bits per heavy atom. The first-order chi connectivity index (χ1) is 20.1. The van der Waals surface area contributed by atoms with E-state index in [2.05, 4.69) is 10.3 Å². The summed E-state index contributed by atoms with van der Waals surface area (Å²) in [5.74, 6) is -4.22. The van der Waals surface area contributed by atoms with Crippen LogP contribution in [0.2, 0.25) is 0 Å². The highest BCUT2D eigenvalue weighted by atomic mass is 19.4. The van der Waals surface area contributed by atoms with Gasteiger partial charge in [0.15, 0.2) is 11.6 Å². The number of nitrogens with zero attached hydrogens (tertiary/aromatic N) is 3. The van der Waals surface area contributed by atoms with Crippen molar-refractivity contribution in [1.29, 1.82) is 0 Å². The fourth-order valence-electron chi connectivity index (χ4n) is 5.29. The zero-order valence-electron chi connectivity index (χ0n) is 22.3. The monoisotopic (exact) mass is 610 g/mol. The zero-order chi connectivity index (χ0) is 31.3. The second kappa shape index (κ2) is 10.7. The average Bonchev–Trinajstić information content (AvgIpc) is 3.33. The third-order valence-corrected chi connectivity index (χ3v) is 7.42. The highest BCUT2D eigenvalue weighted by Crippen LogP contribution is 2.40. The van der Waals surface area contributed by atoms with Crippen LogP contribution in [-0.2, 0) is 28.5 Å². The minimum Gasteiger partial charge on any atom is -0.321 e. The largest absolute Gasteiger partial charge is 0.417 e. The van der Waals surface area contributed by atoms with E-state index in [0.717, 1.165) is 23.3 Å². The quantitative estimate of drug-likeness (QED) is 0.257. The van der Waals surface area contributed by atoms with E-state index in [1.165, 1.54) is 18.2 Å². The fraction of sp³-hybridized carbons (Fsp3) is 0.276. The Hall–Kier alpha value is -4.33. The van der Waals surface area contributed by atoms with E-state index >= 15 is 0 Å². The third kappa shape index (κ3) is 5.83. The number of fused-ring (bicyclic) bond motifs is 1. The van der Waals surface area contributed by atoms with Crippen LogP contribution in [0.4, 0.5) is 40.8 Å². The van der Waals surface area contributed by atoms with Crippen molar-refractivity contribution in [3.63, 3.8) is 0 Å². The van der Waals surface area contributed by atoms with Crippen LogP contribution in [0.3, 0.4) is 0 Å². The minimum atomic E-state index is -4.86. The SMILES string of the molecule is CC12C=C(C(=O)Nc3ccc(C(F)(F)F)cc3-c3cncc(C(F)(F)F)c3)C(=O)N(Cc3cccc(F)c3F)N1CCC2. The van der Waals surface area contributed by atoms with Crippen molar-refractivity contribution < 1.29 is 44.7 Å². The van der Waals surface area contributed by atoms with Crippen LogP contribution in [-0.4, -0.2) is 38.9 Å². The maximum Gasteiger partial charge on any atom is 0.417 e. The van der Waals surface area contributed by atoms with Crippen LogP contribution < -0.4 is 5.32 Å². The standard InChI is InChI=1S/C29H22F8N4O2/c1-27-8-3-9-41(27)40(15-16-4-2-5-22(30)24(16)31)26(43)21(12-27)25(42)39-23-7-6-18(28(32,33)34)11-20(23)17-10-19(14-38-13-17)29(35,36)37/h2,4-7,10-14H,3,8-9,15H2,1H3,(H,39,42). The molecule has 0 spiro atoms. The number of hydrogen-bond acceptors (Lipinski definition) is 4. The zero-order valence-corrected chi connectivity index (χ0v) is 22.3. The smallest absolute Gasteiger partial charge is 0.321 e. The van der Waals surface area contributed by atoms with E-state index in [1.807, 2.05) is 0 Å². The Morgan fingerprint density at radius 2 is 1.72 bits per heavy atom. The van der Waals surface area contributed by atoms with E-state index in [0.29, 0.717) is 43.8 Å². The summed E-state index contributed by atoms with van der Waals surface area (Å²) >= 11 is 0. The summed E-state index contributed by atoms with van der Waals surface area (Å²) in [6, 6.07) is 6.14. The summed E-state index contributed by atoms with van der Waals surface area (Å²) in [4.78, 5) is 30.6. The number of aromatic nitrogens is 1. The number of hydrogen-bond donors (Lipinski definition) is 1. The van der Waals surface area contributed by atoms with Crippen molar-refractivity contribution in [2.24, 2.45) is 0 Å². The fourth-order valence-corrected chi connectivity index (χ4v) is 5.29. The number of rotatable bonds is 5. The van der Waals surface area contributed by atoms with Gasteiger partial charge in [-0.15, -0.1) is 0 Å². The molecule has 6 nitrogen and oxygen atoms in total. The normalized spacial score (nSPS) is 19.3. The van der Waals surface area contributed by atoms with Crippen LogP contribution in [0.1, 0.15) is 36.5 Å². The Morgan fingerprint density at radius 1 is 1.00 bits per heavy atom. The lowest BCUT2D eigenvalue weighted by molar-refractivity contribution is -0.156. The molecule has 0 saturated carbocycles. The van der Waals surface area contributed by atoms with Gasteiger partial charge in [-0.1, -0.05) is 12.1 Å². The Bertz CT molecular complexity index is 1640. The predicted octanol–water partition coefficient (Wildman–Crippen LogP) is 6.74. The van der Waals surface area contributed by atoms with Crippen LogP contribution in [0, 0.1) is 11.6 Å². The highest BCUT2D eigenvalue weighted by Gasteiger charge is 2.47. The van der Waals surface area contributed by atoms with E-state index in [1.54, 1.807) is 11.9 Å². The maximum atomic E-state index is 14.5. The van der Waals surface area contributed by atoms with Gasteiger partial charge in [0, 0.05) is 41.3 Å². The van der Waals surface area contributed by atoms with Gasteiger partial charge in [-0.3, -0.25) is 19.6 Å². The predicted molar refractivity (Wildman–Crippen MR) is 138 cm³/mol. The number of anilines is 1. The number of pyridine rings is 1. The summed E-state index contributed by atoms with van der Waals surface area (Å²) in [7, 11) is 0. The summed E-state index contributed by atoms with van der Waals surface area (Å²) < 4.78 is 109. The molecule has 0 radical (unpaired) electrons. The van der Waals surface area contributed by atoms with Crippen LogP contribution >= 0.6 is 0 Å². The average molecular weight is 611 g/mol. The summed E-state index contributed by atoms with van der Waals surface area (Å²) in [5, 5.41) is 5.11. The van der Waals surface area contributed by atoms with Crippen molar-refractivity contribution in [3.8, 4) is 11.1 Å². The molecule has 43 heavy (non-hydrogen) atoms. The molecule has 2 aliphatic rings. The lowest BCUT2D eigenvalue weighted by Crippen LogP contribution is -2.58. The molecule has 14 heteroatoms. The summed E-state index contributed by atoms with van der Waals surface area (Å²) in [6.07, 6.45) is -5.81. The lowest BCUT2D eigenvalue weighted by atomic mass is 9.93. The molecule has 1 saturated heterocycles. The van der Waals surface area contributed by atoms with E-state index in [-0.39, 0.29) is 16.8 Å². The molecule has 1 atom stereocenters. The van der Waals surface area contributed by atoms with Crippen LogP contribution in [0.15, 0.2) is 66.5 Å². The maximum absolute atomic E-state index is 14.5. The van der Waals surface area contributed by atoms with Gasteiger partial charge in [-0.25, -0.2) is 13.8 Å². The first-order valence-electron chi connectivity index (χ1n) is 12.9. The molecule has 3 heterocycles. The molecule has 1 N–H and O–H groups in total. The number of carbonyl (C=O) groups is 2. The van der Waals surface area contributed by atoms with Crippen molar-refractivity contribution in [1.82, 2.24) is 15.0 Å². The molecular weight excluding hydrogens is 588 g/mol. The van der Waals surface area contributed by atoms with Crippen LogP contribution in [0.25, 0.3) is 11.1 Å². The molecule has 2 amide bonds. The van der Waals surface area contributed by atoms with E-state index < -0.39 is 70.1 Å². The van der Waals surface area contributed by atoms with Crippen molar-refractivity contribution >= 4 is 17.5 Å². The summed E-state index contributed by atoms with van der Waals surface area (Å²) in [5.41, 5.74) is -4.97. The summed E-state index contributed by atoms with van der Waals surface area (Å²) in [6.45, 7) is 1.69. The second-order valence-electron chi connectivity index (χ2n) is 10.4. The molecule has 1 unspecified atom stereocenters. The molecule has 1 fully saturated rings. The molecule has 5 rings (SSSR count). The number of alkyl halides is 6. The number of hydrazine groups is 1. The second-order valence-corrected chi connectivity index (χ2v) is 10.4. The molecule has 0 aliphatic carbocycles. The van der Waals surface area contributed by atoms with Crippen molar-refractivity contribution in [2.45, 2.75) is 44.2 Å². The van der Waals surface area contributed by atoms with E-state index in [9.17, 15) is 44.7 Å². The Labute approximate surface area is 239 Å². The Kier molecular flexibility index (Phi) is 7.53. The lowest BCUT2D eigenvalue weighted by Gasteiger charge is -2.45. The molecule has 3 aromatic rings. The Balaban J connectivity index is 1.53. The number of halogens is 8. The molecule has 226 valence electrons. The molecular formula is C29H22F8N4O2. The molecule has 0 bridgehead atoms. The van der Waals surface area contributed by atoms with Crippen LogP contribution in [0.5, 0.6) is 0 Å². The minimum absolute atomic E-state index is 0.147. The van der Waals surface area contributed by atoms with Gasteiger partial charge in [-0.05, 0) is 56.2 Å². The van der Waals surface area contributed by atoms with Gasteiger partial charge >= 0.3 is 12.4 Å². The van der Waals surface area contributed by atoms with Gasteiger partial charge in [0.2, 0.25) is 0 Å². The van der Waals surface area contributed by atoms with Crippen molar-refractivity contribution in [2.75, 3.05) is 11.9 Å². The van der Waals surface area contributed by atoms with Gasteiger partial charge in [0.05, 0.1) is 23.2 Å². The number of amides is 2. The number of nitrogens with one attached hydrogen (secondary N) is 1. The first kappa shape index (κ1) is 30.1. The van der Waals surface area contributed by atoms with Gasteiger partial charge in [-0.2, -0.15) is 26.3 Å². The number of carbonyl (C=O) groups excluding carboxylic acids is 2. The van der Waals surface area contributed by atoms with Gasteiger partial charge in [0.25, 0.3) is 11.8 Å². The van der Waals surface area contributed by atoms with Crippen molar-refractivity contribution in [3.05, 3.63) is 94.8 Å². The molecule has 2 aliphatic heterocycles. The number of benzene rings is 2. The topological polar surface area (TPSA) is 65.5 Å². The van der Waals surface area contributed by atoms with Gasteiger partial charge < -0.3 is 5.32 Å². The molecule has 2 aromatic carbocycles. The van der Waals surface area contributed by atoms with E-state index in [4.69, 9.17) is 0 Å². The first-order valence-corrected chi connectivity index (χ1v) is 12.9. The molecule has 1 aromatic heterocycles. The van der Waals surface area contributed by atoms with Gasteiger partial charge in [0.1, 0.15) is 5.57 Å². The third-order valence-electron chi connectivity index (χ3n) is 7.42. The highest BCUT2D eigenvalue weighted by molar-refractivity contribution is 6.23.